The minimum atomic E-state index is -0.685. The molecule has 0 radical (unpaired) electrons. The zero-order chi connectivity index (χ0) is 19.4. The van der Waals surface area contributed by atoms with Crippen LogP contribution in [0.1, 0.15) is 35.2 Å². The van der Waals surface area contributed by atoms with Gasteiger partial charge in [-0.05, 0) is 37.5 Å². The number of carbonyl (C=O) groups excluding carboxylic acids is 2. The first-order valence-corrected chi connectivity index (χ1v) is 9.02. The Balaban J connectivity index is 1.75. The molecule has 3 rings (SSSR count). The molecular weight excluding hydrogens is 350 g/mol. The fraction of sp³-hybridized carbons (Fsp3) is 0.333. The molecule has 0 aliphatic carbocycles. The second-order valence-electron chi connectivity index (χ2n) is 6.81. The maximum Gasteiger partial charge on any atom is 0.254 e. The van der Waals surface area contributed by atoms with Crippen molar-refractivity contribution in [2.75, 3.05) is 13.6 Å². The largest absolute Gasteiger partial charge is 0.340 e. The topological polar surface area (TPSA) is 40.6 Å². The highest BCUT2D eigenvalue weighted by atomic mass is 19.1. The standard InChI is InChI=1S/C21H22F2N2O2/c1-24(14-16-10-11-17(22)13-18(16)23)21(27)19-9-5-6-12-25(19)20(26)15-7-3-2-4-8-15/h2-4,7-8,10-11,13,19H,5-6,9,12,14H2,1H3/t19-/m0/s1. The lowest BCUT2D eigenvalue weighted by Crippen LogP contribution is -2.52. The summed E-state index contributed by atoms with van der Waals surface area (Å²) in [4.78, 5) is 28.8. The molecule has 0 saturated carbocycles. The van der Waals surface area contributed by atoms with Crippen molar-refractivity contribution in [3.63, 3.8) is 0 Å². The van der Waals surface area contributed by atoms with Gasteiger partial charge in [-0.2, -0.15) is 0 Å². The quantitative estimate of drug-likeness (QED) is 0.823. The second-order valence-corrected chi connectivity index (χ2v) is 6.81. The number of likely N-dealkylation sites (N-methyl/N-ethyl adjacent to an activating group) is 1. The van der Waals surface area contributed by atoms with Gasteiger partial charge in [0.15, 0.2) is 0 Å². The van der Waals surface area contributed by atoms with Crippen molar-refractivity contribution in [3.05, 3.63) is 71.3 Å². The van der Waals surface area contributed by atoms with E-state index in [1.807, 2.05) is 6.07 Å². The summed E-state index contributed by atoms with van der Waals surface area (Å²) < 4.78 is 27.0. The van der Waals surface area contributed by atoms with E-state index in [0.29, 0.717) is 18.5 Å². The second kappa shape index (κ2) is 8.29. The Hall–Kier alpha value is -2.76. The van der Waals surface area contributed by atoms with Gasteiger partial charge in [0.05, 0.1) is 0 Å². The molecule has 0 N–H and O–H groups in total. The lowest BCUT2D eigenvalue weighted by Gasteiger charge is -2.37. The van der Waals surface area contributed by atoms with Gasteiger partial charge >= 0.3 is 0 Å². The molecule has 1 heterocycles. The van der Waals surface area contributed by atoms with Gasteiger partial charge in [-0.3, -0.25) is 9.59 Å². The molecule has 2 amide bonds. The minimum Gasteiger partial charge on any atom is -0.340 e. The van der Waals surface area contributed by atoms with Crippen LogP contribution in [0.4, 0.5) is 8.78 Å². The van der Waals surface area contributed by atoms with Gasteiger partial charge < -0.3 is 9.80 Å². The summed E-state index contributed by atoms with van der Waals surface area (Å²) in [5, 5.41) is 0. The van der Waals surface area contributed by atoms with Gasteiger partial charge in [0.2, 0.25) is 5.91 Å². The van der Waals surface area contributed by atoms with Crippen LogP contribution in [0.2, 0.25) is 0 Å². The molecule has 0 spiro atoms. The van der Waals surface area contributed by atoms with E-state index in [4.69, 9.17) is 0 Å². The number of amides is 2. The summed E-state index contributed by atoms with van der Waals surface area (Å²) in [5.41, 5.74) is 0.786. The van der Waals surface area contributed by atoms with Crippen molar-refractivity contribution in [3.8, 4) is 0 Å². The van der Waals surface area contributed by atoms with Crippen molar-refractivity contribution in [1.82, 2.24) is 9.80 Å². The van der Waals surface area contributed by atoms with E-state index < -0.39 is 17.7 Å². The molecule has 4 nitrogen and oxygen atoms in total. The molecule has 0 unspecified atom stereocenters. The highest BCUT2D eigenvalue weighted by molar-refractivity contribution is 5.97. The molecule has 2 aromatic carbocycles. The van der Waals surface area contributed by atoms with Gasteiger partial charge in [-0.15, -0.1) is 0 Å². The van der Waals surface area contributed by atoms with Gasteiger partial charge in [0.1, 0.15) is 17.7 Å². The molecule has 1 aliphatic heterocycles. The Bertz CT molecular complexity index is 826. The normalized spacial score (nSPS) is 16.9. The van der Waals surface area contributed by atoms with Crippen LogP contribution in [0.3, 0.4) is 0 Å². The molecule has 1 aliphatic rings. The van der Waals surface area contributed by atoms with Crippen molar-refractivity contribution < 1.29 is 18.4 Å². The van der Waals surface area contributed by atoms with Crippen LogP contribution in [-0.2, 0) is 11.3 Å². The Morgan fingerprint density at radius 1 is 1.11 bits per heavy atom. The van der Waals surface area contributed by atoms with E-state index in [1.54, 1.807) is 36.2 Å². The summed E-state index contributed by atoms with van der Waals surface area (Å²) >= 11 is 0. The highest BCUT2D eigenvalue weighted by Crippen LogP contribution is 2.22. The van der Waals surface area contributed by atoms with Crippen LogP contribution in [0, 0.1) is 11.6 Å². The zero-order valence-corrected chi connectivity index (χ0v) is 15.2. The maximum absolute atomic E-state index is 13.9. The third kappa shape index (κ3) is 4.32. The Morgan fingerprint density at radius 2 is 1.85 bits per heavy atom. The first kappa shape index (κ1) is 19.0. The molecule has 1 atom stereocenters. The molecule has 0 bridgehead atoms. The first-order chi connectivity index (χ1) is 13.0. The molecule has 27 heavy (non-hydrogen) atoms. The van der Waals surface area contributed by atoms with E-state index in [9.17, 15) is 18.4 Å². The van der Waals surface area contributed by atoms with E-state index in [1.165, 1.54) is 17.0 Å². The molecule has 6 heteroatoms. The fourth-order valence-electron chi connectivity index (χ4n) is 3.42. The molecule has 1 saturated heterocycles. The number of hydrogen-bond donors (Lipinski definition) is 0. The Labute approximate surface area is 157 Å². The van der Waals surface area contributed by atoms with Crippen molar-refractivity contribution in [2.45, 2.75) is 31.8 Å². The number of benzene rings is 2. The SMILES string of the molecule is CN(Cc1ccc(F)cc1F)C(=O)[C@@H]1CCCCN1C(=O)c1ccccc1. The third-order valence-corrected chi connectivity index (χ3v) is 4.87. The van der Waals surface area contributed by atoms with Crippen molar-refractivity contribution in [1.29, 1.82) is 0 Å². The van der Waals surface area contributed by atoms with Crippen LogP contribution in [0.5, 0.6) is 0 Å². The van der Waals surface area contributed by atoms with Gasteiger partial charge in [-0.1, -0.05) is 24.3 Å². The van der Waals surface area contributed by atoms with Crippen LogP contribution in [0.25, 0.3) is 0 Å². The smallest absolute Gasteiger partial charge is 0.254 e. The Kier molecular flexibility index (Phi) is 5.84. The van der Waals surface area contributed by atoms with E-state index in [-0.39, 0.29) is 23.9 Å². The summed E-state index contributed by atoms with van der Waals surface area (Å²) in [6.45, 7) is 0.539. The number of hydrogen-bond acceptors (Lipinski definition) is 2. The predicted octanol–water partition coefficient (Wildman–Crippen LogP) is 3.62. The maximum atomic E-state index is 13.9. The van der Waals surface area contributed by atoms with Crippen LogP contribution < -0.4 is 0 Å². The van der Waals surface area contributed by atoms with E-state index in [0.717, 1.165) is 18.9 Å². The summed E-state index contributed by atoms with van der Waals surface area (Å²) in [6.07, 6.45) is 2.28. The van der Waals surface area contributed by atoms with Crippen LogP contribution in [0.15, 0.2) is 48.5 Å². The van der Waals surface area contributed by atoms with Gasteiger partial charge in [0.25, 0.3) is 5.91 Å². The summed E-state index contributed by atoms with van der Waals surface area (Å²) in [5.74, 6) is -1.75. The summed E-state index contributed by atoms with van der Waals surface area (Å²) in [6, 6.07) is 11.6. The average Bonchev–Trinajstić information content (AvgIpc) is 2.69. The van der Waals surface area contributed by atoms with E-state index in [2.05, 4.69) is 0 Å². The van der Waals surface area contributed by atoms with Crippen molar-refractivity contribution in [2.24, 2.45) is 0 Å². The van der Waals surface area contributed by atoms with E-state index >= 15 is 0 Å². The number of carbonyl (C=O) groups is 2. The zero-order valence-electron chi connectivity index (χ0n) is 15.2. The highest BCUT2D eigenvalue weighted by Gasteiger charge is 2.34. The van der Waals surface area contributed by atoms with Gasteiger partial charge in [-0.25, -0.2) is 8.78 Å². The molecule has 1 fully saturated rings. The number of halogens is 2. The minimum absolute atomic E-state index is 0.0226. The number of nitrogens with zero attached hydrogens (tertiary/aromatic N) is 2. The van der Waals surface area contributed by atoms with Crippen LogP contribution in [-0.4, -0.2) is 41.2 Å². The number of likely N-dealkylation sites (tertiary alicyclic amines) is 1. The average molecular weight is 372 g/mol. The number of rotatable bonds is 4. The lowest BCUT2D eigenvalue weighted by atomic mass is 9.99. The van der Waals surface area contributed by atoms with Gasteiger partial charge in [0, 0.05) is 37.3 Å². The molecule has 2 aromatic rings. The molecule has 0 aromatic heterocycles. The fourth-order valence-corrected chi connectivity index (χ4v) is 3.42. The Morgan fingerprint density at radius 3 is 2.56 bits per heavy atom. The number of piperidine rings is 1. The molecular formula is C21H22F2N2O2. The van der Waals surface area contributed by atoms with Crippen LogP contribution >= 0.6 is 0 Å². The van der Waals surface area contributed by atoms with Crippen molar-refractivity contribution >= 4 is 11.8 Å². The predicted molar refractivity (Wildman–Crippen MR) is 97.9 cm³/mol. The first-order valence-electron chi connectivity index (χ1n) is 9.02. The molecule has 142 valence electrons. The summed E-state index contributed by atoms with van der Waals surface area (Å²) in [7, 11) is 1.57. The third-order valence-electron chi connectivity index (χ3n) is 4.87. The lowest BCUT2D eigenvalue weighted by molar-refractivity contribution is -0.136. The monoisotopic (exact) mass is 372 g/mol.